The minimum atomic E-state index is -0.948. The van der Waals surface area contributed by atoms with E-state index >= 15 is 0 Å². The summed E-state index contributed by atoms with van der Waals surface area (Å²) in [5.41, 5.74) is 0.241. The summed E-state index contributed by atoms with van der Waals surface area (Å²) in [6, 6.07) is 1.61. The van der Waals surface area contributed by atoms with E-state index in [1.807, 2.05) is 0 Å². The highest BCUT2D eigenvalue weighted by atomic mass is 16.4. The van der Waals surface area contributed by atoms with E-state index in [4.69, 9.17) is 9.52 Å². The quantitative estimate of drug-likeness (QED) is 0.862. The standard InChI is InChI=1S/C15H22N2O4/c1-10-14(15(19)20)7-13(21-10)9-17-5-3-12(4-6-17)8-16-11(2)18/h7,12H,3-6,8-9H2,1-2H3,(H,16,18)(H,19,20). The Morgan fingerprint density at radius 1 is 1.43 bits per heavy atom. The number of amides is 1. The lowest BCUT2D eigenvalue weighted by molar-refractivity contribution is -0.119. The average Bonchev–Trinajstić information content (AvgIpc) is 2.79. The maximum Gasteiger partial charge on any atom is 0.339 e. The zero-order chi connectivity index (χ0) is 15.4. The van der Waals surface area contributed by atoms with Crippen LogP contribution in [0.2, 0.25) is 0 Å². The van der Waals surface area contributed by atoms with E-state index in [1.54, 1.807) is 13.0 Å². The smallest absolute Gasteiger partial charge is 0.339 e. The average molecular weight is 294 g/mol. The Bertz CT molecular complexity index is 516. The third-order valence-corrected chi connectivity index (χ3v) is 3.93. The summed E-state index contributed by atoms with van der Waals surface area (Å²) in [7, 11) is 0. The van der Waals surface area contributed by atoms with Crippen LogP contribution in [0.25, 0.3) is 0 Å². The molecule has 0 bridgehead atoms. The molecule has 0 radical (unpaired) electrons. The van der Waals surface area contributed by atoms with Crippen LogP contribution in [0.15, 0.2) is 10.5 Å². The van der Waals surface area contributed by atoms with E-state index < -0.39 is 5.97 Å². The van der Waals surface area contributed by atoms with Crippen molar-refractivity contribution in [3.63, 3.8) is 0 Å². The molecular formula is C15H22N2O4. The first-order valence-electron chi connectivity index (χ1n) is 7.25. The van der Waals surface area contributed by atoms with Gasteiger partial charge in [0, 0.05) is 13.5 Å². The van der Waals surface area contributed by atoms with Gasteiger partial charge in [0.25, 0.3) is 0 Å². The SMILES string of the molecule is CC(=O)NCC1CCN(Cc2cc(C(=O)O)c(C)o2)CC1. The largest absolute Gasteiger partial charge is 0.478 e. The summed E-state index contributed by atoms with van der Waals surface area (Å²) in [4.78, 5) is 24.1. The van der Waals surface area contributed by atoms with Gasteiger partial charge in [-0.25, -0.2) is 4.79 Å². The third kappa shape index (κ3) is 4.32. The summed E-state index contributed by atoms with van der Waals surface area (Å²) in [6.07, 6.45) is 2.07. The van der Waals surface area contributed by atoms with Crippen LogP contribution < -0.4 is 5.32 Å². The van der Waals surface area contributed by atoms with Crippen LogP contribution in [0, 0.1) is 12.8 Å². The van der Waals surface area contributed by atoms with E-state index in [2.05, 4.69) is 10.2 Å². The van der Waals surface area contributed by atoms with Crippen LogP contribution in [-0.4, -0.2) is 41.5 Å². The van der Waals surface area contributed by atoms with Gasteiger partial charge in [-0.15, -0.1) is 0 Å². The number of carbonyl (C=O) groups is 2. The monoisotopic (exact) mass is 294 g/mol. The molecule has 0 aliphatic carbocycles. The Kier molecular flexibility index (Phi) is 5.01. The highest BCUT2D eigenvalue weighted by molar-refractivity contribution is 5.88. The Hall–Kier alpha value is -1.82. The van der Waals surface area contributed by atoms with Gasteiger partial charge in [-0.1, -0.05) is 0 Å². The fourth-order valence-electron chi connectivity index (χ4n) is 2.69. The van der Waals surface area contributed by atoms with Gasteiger partial charge >= 0.3 is 5.97 Å². The molecule has 0 atom stereocenters. The van der Waals surface area contributed by atoms with Crippen LogP contribution in [0.4, 0.5) is 0 Å². The van der Waals surface area contributed by atoms with Crippen LogP contribution in [0.3, 0.4) is 0 Å². The summed E-state index contributed by atoms with van der Waals surface area (Å²) >= 11 is 0. The molecule has 1 aliphatic heterocycles. The molecule has 0 unspecified atom stereocenters. The molecule has 116 valence electrons. The first-order valence-corrected chi connectivity index (χ1v) is 7.25. The van der Waals surface area contributed by atoms with E-state index in [1.165, 1.54) is 6.92 Å². The molecular weight excluding hydrogens is 272 g/mol. The number of nitrogens with one attached hydrogen (secondary N) is 1. The van der Waals surface area contributed by atoms with E-state index in [0.29, 0.717) is 24.0 Å². The van der Waals surface area contributed by atoms with Crippen molar-refractivity contribution < 1.29 is 19.1 Å². The second kappa shape index (κ2) is 6.76. The molecule has 21 heavy (non-hydrogen) atoms. The van der Waals surface area contributed by atoms with Crippen molar-refractivity contribution in [1.29, 1.82) is 0 Å². The lowest BCUT2D eigenvalue weighted by Crippen LogP contribution is -2.37. The zero-order valence-corrected chi connectivity index (χ0v) is 12.5. The molecule has 1 fully saturated rings. The molecule has 2 N–H and O–H groups in total. The van der Waals surface area contributed by atoms with Crippen LogP contribution in [-0.2, 0) is 11.3 Å². The molecule has 1 saturated heterocycles. The molecule has 1 amide bonds. The summed E-state index contributed by atoms with van der Waals surface area (Å²) in [5, 5.41) is 11.9. The number of rotatable bonds is 5. The Balaban J connectivity index is 1.82. The fraction of sp³-hybridized carbons (Fsp3) is 0.600. The molecule has 0 spiro atoms. The van der Waals surface area contributed by atoms with Crippen molar-refractivity contribution in [3.05, 3.63) is 23.2 Å². The van der Waals surface area contributed by atoms with Crippen molar-refractivity contribution in [2.75, 3.05) is 19.6 Å². The van der Waals surface area contributed by atoms with Gasteiger partial charge in [0.15, 0.2) is 0 Å². The second-order valence-electron chi connectivity index (χ2n) is 5.64. The van der Waals surface area contributed by atoms with E-state index in [9.17, 15) is 9.59 Å². The van der Waals surface area contributed by atoms with Gasteiger partial charge in [-0.05, 0) is 44.8 Å². The van der Waals surface area contributed by atoms with Crippen molar-refractivity contribution in [2.24, 2.45) is 5.92 Å². The number of likely N-dealkylation sites (tertiary alicyclic amines) is 1. The molecule has 2 heterocycles. The number of piperidine rings is 1. The molecule has 1 aromatic rings. The maximum absolute atomic E-state index is 11.0. The van der Waals surface area contributed by atoms with Gasteiger partial charge in [0.2, 0.25) is 5.91 Å². The molecule has 6 nitrogen and oxygen atoms in total. The zero-order valence-electron chi connectivity index (χ0n) is 12.5. The molecule has 0 aromatic carbocycles. The van der Waals surface area contributed by atoms with E-state index in [0.717, 1.165) is 32.5 Å². The van der Waals surface area contributed by atoms with Crippen LogP contribution in [0.5, 0.6) is 0 Å². The maximum atomic E-state index is 11.0. The van der Waals surface area contributed by atoms with Gasteiger partial charge < -0.3 is 14.8 Å². The minimum Gasteiger partial charge on any atom is -0.478 e. The topological polar surface area (TPSA) is 82.8 Å². The number of carboxylic acid groups (broad SMARTS) is 1. The molecule has 2 rings (SSSR count). The first-order chi connectivity index (χ1) is 9.95. The summed E-state index contributed by atoms with van der Waals surface area (Å²) in [6.45, 7) is 6.47. The highest BCUT2D eigenvalue weighted by Crippen LogP contribution is 2.21. The summed E-state index contributed by atoms with van der Waals surface area (Å²) < 4.78 is 5.50. The molecule has 1 aliphatic rings. The van der Waals surface area contributed by atoms with Gasteiger partial charge in [-0.3, -0.25) is 9.69 Å². The van der Waals surface area contributed by atoms with Crippen molar-refractivity contribution in [1.82, 2.24) is 10.2 Å². The number of furan rings is 1. The number of carboxylic acids is 1. The Labute approximate surface area is 124 Å². The van der Waals surface area contributed by atoms with Gasteiger partial charge in [0.1, 0.15) is 17.1 Å². The highest BCUT2D eigenvalue weighted by Gasteiger charge is 2.21. The number of aryl methyl sites for hydroxylation is 1. The first kappa shape index (κ1) is 15.6. The predicted molar refractivity (Wildman–Crippen MR) is 77.1 cm³/mol. The number of hydrogen-bond acceptors (Lipinski definition) is 4. The predicted octanol–water partition coefficient (Wildman–Crippen LogP) is 1.63. The number of nitrogens with zero attached hydrogens (tertiary/aromatic N) is 1. The number of aromatic carboxylic acids is 1. The Morgan fingerprint density at radius 2 is 2.10 bits per heavy atom. The van der Waals surface area contributed by atoms with Crippen molar-refractivity contribution in [2.45, 2.75) is 33.2 Å². The Morgan fingerprint density at radius 3 is 2.62 bits per heavy atom. The molecule has 6 heteroatoms. The number of carbonyl (C=O) groups excluding carboxylic acids is 1. The normalized spacial score (nSPS) is 16.9. The van der Waals surface area contributed by atoms with Crippen LogP contribution in [0.1, 0.15) is 41.6 Å². The lowest BCUT2D eigenvalue weighted by Gasteiger charge is -2.31. The van der Waals surface area contributed by atoms with E-state index in [-0.39, 0.29) is 11.5 Å². The van der Waals surface area contributed by atoms with Crippen LogP contribution >= 0.6 is 0 Å². The summed E-state index contributed by atoms with van der Waals surface area (Å²) in [5.74, 6) is 0.752. The van der Waals surface area contributed by atoms with Crippen molar-refractivity contribution in [3.8, 4) is 0 Å². The number of hydrogen-bond donors (Lipinski definition) is 2. The third-order valence-electron chi connectivity index (χ3n) is 3.93. The van der Waals surface area contributed by atoms with Gasteiger partial charge in [-0.2, -0.15) is 0 Å². The molecule has 0 saturated carbocycles. The van der Waals surface area contributed by atoms with Gasteiger partial charge in [0.05, 0.1) is 6.54 Å². The minimum absolute atomic E-state index is 0.0182. The lowest BCUT2D eigenvalue weighted by atomic mass is 9.96. The fourth-order valence-corrected chi connectivity index (χ4v) is 2.69. The second-order valence-corrected chi connectivity index (χ2v) is 5.64. The molecule has 1 aromatic heterocycles. The van der Waals surface area contributed by atoms with Crippen molar-refractivity contribution >= 4 is 11.9 Å².